The minimum Gasteiger partial charge on any atom is -0.465 e. The van der Waals surface area contributed by atoms with Gasteiger partial charge in [0, 0.05) is 12.4 Å². The van der Waals surface area contributed by atoms with Gasteiger partial charge in [0.2, 0.25) is 0 Å². The van der Waals surface area contributed by atoms with Crippen molar-refractivity contribution in [3.63, 3.8) is 0 Å². The highest BCUT2D eigenvalue weighted by Crippen LogP contribution is 2.20. The zero-order chi connectivity index (χ0) is 9.68. The van der Waals surface area contributed by atoms with E-state index in [1.807, 2.05) is 0 Å². The molecule has 0 bridgehead atoms. The number of ether oxygens (including phenoxy) is 1. The molecule has 0 fully saturated rings. The van der Waals surface area contributed by atoms with Crippen molar-refractivity contribution in [1.82, 2.24) is 4.98 Å². The molecular formula is C9H11BrClNO2. The van der Waals surface area contributed by atoms with Crippen LogP contribution in [0.3, 0.4) is 0 Å². The number of alkyl halides is 1. The predicted octanol–water partition coefficient (Wildman–Crippen LogP) is 2.50. The molecule has 0 aromatic carbocycles. The van der Waals surface area contributed by atoms with Crippen LogP contribution in [0.5, 0.6) is 0 Å². The van der Waals surface area contributed by atoms with Crippen LogP contribution in [0.25, 0.3) is 0 Å². The number of aromatic nitrogens is 1. The van der Waals surface area contributed by atoms with Crippen LogP contribution in [-0.4, -0.2) is 17.6 Å². The Labute approximate surface area is 98.2 Å². The van der Waals surface area contributed by atoms with Crippen LogP contribution in [0.15, 0.2) is 24.5 Å². The maximum absolute atomic E-state index is 11.2. The minimum absolute atomic E-state index is 0. The average Bonchev–Trinajstić information content (AvgIpc) is 2.18. The van der Waals surface area contributed by atoms with E-state index in [9.17, 15) is 4.79 Å². The maximum atomic E-state index is 11.2. The molecule has 1 heterocycles. The molecule has 1 rings (SSSR count). The van der Waals surface area contributed by atoms with E-state index in [1.165, 1.54) is 0 Å². The normalized spacial score (nSPS) is 11.3. The molecule has 1 aromatic rings. The lowest BCUT2D eigenvalue weighted by atomic mass is 10.2. The molecule has 0 aliphatic rings. The SMILES string of the molecule is Br.CCOC(=O)C(Cl)c1ccncc1. The molecule has 0 aliphatic carbocycles. The van der Waals surface area contributed by atoms with E-state index in [0.29, 0.717) is 12.2 Å². The zero-order valence-electron chi connectivity index (χ0n) is 7.64. The summed E-state index contributed by atoms with van der Waals surface area (Å²) in [6.07, 6.45) is 3.17. The lowest BCUT2D eigenvalue weighted by molar-refractivity contribution is -0.142. The van der Waals surface area contributed by atoms with Crippen molar-refractivity contribution in [1.29, 1.82) is 0 Å². The number of halogens is 2. The highest BCUT2D eigenvalue weighted by molar-refractivity contribution is 8.93. The molecule has 78 valence electrons. The van der Waals surface area contributed by atoms with Gasteiger partial charge in [0.25, 0.3) is 0 Å². The number of rotatable bonds is 3. The van der Waals surface area contributed by atoms with Crippen LogP contribution < -0.4 is 0 Å². The summed E-state index contributed by atoms with van der Waals surface area (Å²) >= 11 is 5.83. The van der Waals surface area contributed by atoms with Gasteiger partial charge in [-0.3, -0.25) is 9.78 Å². The second-order valence-electron chi connectivity index (χ2n) is 2.40. The third kappa shape index (κ3) is 3.64. The Balaban J connectivity index is 0.00000169. The Morgan fingerprint density at radius 2 is 2.14 bits per heavy atom. The fourth-order valence-electron chi connectivity index (χ4n) is 0.884. The third-order valence-corrected chi connectivity index (χ3v) is 1.92. The first-order valence-corrected chi connectivity index (χ1v) is 4.40. The Morgan fingerprint density at radius 3 is 2.64 bits per heavy atom. The largest absolute Gasteiger partial charge is 0.465 e. The van der Waals surface area contributed by atoms with Crippen molar-refractivity contribution in [3.05, 3.63) is 30.1 Å². The molecule has 5 heteroatoms. The Hall–Kier alpha value is -0.610. The van der Waals surface area contributed by atoms with E-state index in [0.717, 1.165) is 0 Å². The molecule has 0 N–H and O–H groups in total. The molecule has 0 radical (unpaired) electrons. The number of hydrogen-bond donors (Lipinski definition) is 0. The Kier molecular flexibility index (Phi) is 6.49. The molecule has 1 unspecified atom stereocenters. The quantitative estimate of drug-likeness (QED) is 0.631. The van der Waals surface area contributed by atoms with Crippen LogP contribution in [0.4, 0.5) is 0 Å². The molecule has 3 nitrogen and oxygen atoms in total. The van der Waals surface area contributed by atoms with Gasteiger partial charge in [0.15, 0.2) is 5.38 Å². The molecule has 1 aromatic heterocycles. The summed E-state index contributed by atoms with van der Waals surface area (Å²) in [5, 5.41) is -0.733. The molecule has 0 spiro atoms. The van der Waals surface area contributed by atoms with Gasteiger partial charge < -0.3 is 4.74 Å². The van der Waals surface area contributed by atoms with E-state index in [-0.39, 0.29) is 17.0 Å². The monoisotopic (exact) mass is 279 g/mol. The van der Waals surface area contributed by atoms with Crippen LogP contribution in [0.2, 0.25) is 0 Å². The highest BCUT2D eigenvalue weighted by atomic mass is 79.9. The van der Waals surface area contributed by atoms with Gasteiger partial charge in [-0.05, 0) is 24.6 Å². The van der Waals surface area contributed by atoms with Crippen LogP contribution in [0, 0.1) is 0 Å². The summed E-state index contributed by atoms with van der Waals surface area (Å²) in [7, 11) is 0. The second-order valence-corrected chi connectivity index (χ2v) is 2.83. The summed E-state index contributed by atoms with van der Waals surface area (Å²) in [5.41, 5.74) is 0.704. The van der Waals surface area contributed by atoms with E-state index in [4.69, 9.17) is 16.3 Å². The van der Waals surface area contributed by atoms with Gasteiger partial charge in [0.1, 0.15) is 0 Å². The fourth-order valence-corrected chi connectivity index (χ4v) is 1.09. The Bertz CT molecular complexity index is 281. The molecule has 0 saturated carbocycles. The molecule has 14 heavy (non-hydrogen) atoms. The van der Waals surface area contributed by atoms with Gasteiger partial charge in [0.05, 0.1) is 6.61 Å². The Morgan fingerprint density at radius 1 is 1.57 bits per heavy atom. The van der Waals surface area contributed by atoms with Crippen molar-refractivity contribution < 1.29 is 9.53 Å². The predicted molar refractivity (Wildman–Crippen MR) is 59.8 cm³/mol. The number of pyridine rings is 1. The second kappa shape index (κ2) is 6.79. The number of hydrogen-bond acceptors (Lipinski definition) is 3. The fraction of sp³-hybridized carbons (Fsp3) is 0.333. The van der Waals surface area contributed by atoms with Crippen molar-refractivity contribution in [2.45, 2.75) is 12.3 Å². The van der Waals surface area contributed by atoms with Gasteiger partial charge in [-0.15, -0.1) is 28.6 Å². The van der Waals surface area contributed by atoms with Crippen LogP contribution >= 0.6 is 28.6 Å². The lowest BCUT2D eigenvalue weighted by Crippen LogP contribution is -2.10. The standard InChI is InChI=1S/C9H10ClNO2.BrH/c1-2-13-9(12)8(10)7-3-5-11-6-4-7;/h3-6,8H,2H2,1H3;1H. The van der Waals surface area contributed by atoms with Gasteiger partial charge in [-0.1, -0.05) is 0 Å². The first-order chi connectivity index (χ1) is 6.25. The molecular weight excluding hydrogens is 269 g/mol. The van der Waals surface area contributed by atoms with Crippen molar-refractivity contribution >= 4 is 34.6 Å². The summed E-state index contributed by atoms with van der Waals surface area (Å²) < 4.78 is 4.77. The van der Waals surface area contributed by atoms with E-state index in [1.54, 1.807) is 31.5 Å². The van der Waals surface area contributed by atoms with Crippen LogP contribution in [0.1, 0.15) is 17.9 Å². The smallest absolute Gasteiger partial charge is 0.328 e. The number of esters is 1. The number of carbonyl (C=O) groups excluding carboxylic acids is 1. The number of carbonyl (C=O) groups is 1. The van der Waals surface area contributed by atoms with E-state index < -0.39 is 11.3 Å². The molecule has 1 atom stereocenters. The summed E-state index contributed by atoms with van der Waals surface area (Å²) in [6, 6.07) is 3.38. The number of nitrogens with zero attached hydrogens (tertiary/aromatic N) is 1. The first kappa shape index (κ1) is 13.4. The summed E-state index contributed by atoms with van der Waals surface area (Å²) in [4.78, 5) is 15.0. The highest BCUT2D eigenvalue weighted by Gasteiger charge is 2.17. The minimum atomic E-state index is -0.733. The summed E-state index contributed by atoms with van der Waals surface area (Å²) in [6.45, 7) is 2.08. The first-order valence-electron chi connectivity index (χ1n) is 3.96. The molecule has 0 amide bonds. The average molecular weight is 281 g/mol. The van der Waals surface area contributed by atoms with Gasteiger partial charge in [-0.25, -0.2) is 0 Å². The van der Waals surface area contributed by atoms with Gasteiger partial charge >= 0.3 is 5.97 Å². The van der Waals surface area contributed by atoms with Crippen molar-refractivity contribution in [2.24, 2.45) is 0 Å². The third-order valence-electron chi connectivity index (χ3n) is 1.49. The maximum Gasteiger partial charge on any atom is 0.328 e. The van der Waals surface area contributed by atoms with Crippen molar-refractivity contribution in [3.8, 4) is 0 Å². The van der Waals surface area contributed by atoms with E-state index >= 15 is 0 Å². The zero-order valence-corrected chi connectivity index (χ0v) is 10.1. The van der Waals surface area contributed by atoms with Crippen LogP contribution in [-0.2, 0) is 9.53 Å². The molecule has 0 saturated heterocycles. The van der Waals surface area contributed by atoms with E-state index in [2.05, 4.69) is 4.98 Å². The topological polar surface area (TPSA) is 39.2 Å². The van der Waals surface area contributed by atoms with Crippen molar-refractivity contribution in [2.75, 3.05) is 6.61 Å². The molecule has 0 aliphatic heterocycles. The summed E-state index contributed by atoms with van der Waals surface area (Å²) in [5.74, 6) is -0.421. The lowest BCUT2D eigenvalue weighted by Gasteiger charge is -2.07. The van der Waals surface area contributed by atoms with Gasteiger partial charge in [-0.2, -0.15) is 0 Å².